The van der Waals surface area contributed by atoms with Crippen LogP contribution in [0.2, 0.25) is 0 Å². The van der Waals surface area contributed by atoms with Crippen LogP contribution in [0.1, 0.15) is 0 Å². The predicted octanol–water partition coefficient (Wildman–Crippen LogP) is 5.19. The molecule has 4 rings (SSSR count). The number of nitrogens with zero attached hydrogens (tertiary/aromatic N) is 10. The van der Waals surface area contributed by atoms with Gasteiger partial charge in [-0.15, -0.1) is 0 Å². The van der Waals surface area contributed by atoms with E-state index < -0.39 is 0 Å². The average Bonchev–Trinajstić information content (AvgIpc) is 2.83. The first-order chi connectivity index (χ1) is 14.8. The normalized spacial score (nSPS) is 7.75. The van der Waals surface area contributed by atoms with E-state index in [1.165, 1.54) is 9.82 Å². The molecule has 11 nitrogen and oxygen atoms in total. The van der Waals surface area contributed by atoms with Gasteiger partial charge in [0.2, 0.25) is 0 Å². The smallest absolute Gasteiger partial charge is 0.412 e. The minimum atomic E-state index is 0. The molecule has 0 spiro atoms. The Labute approximate surface area is 194 Å². The third kappa shape index (κ3) is 12.3. The van der Waals surface area contributed by atoms with Crippen molar-refractivity contribution in [3.63, 3.8) is 0 Å². The fourth-order valence-electron chi connectivity index (χ4n) is 2.06. The minimum Gasteiger partial charge on any atom is -0.412 e. The molecule has 12 heteroatoms. The average molecular weight is 473 g/mol. The molecule has 4 aromatic heterocycles. The van der Waals surface area contributed by atoms with E-state index in [9.17, 15) is 0 Å². The summed E-state index contributed by atoms with van der Waals surface area (Å²) in [5.74, 6) is 0. The Morgan fingerprint density at radius 3 is 0.750 bits per heavy atom. The van der Waals surface area contributed by atoms with Crippen molar-refractivity contribution in [2.75, 3.05) is 0 Å². The summed E-state index contributed by atoms with van der Waals surface area (Å²) in [5, 5.41) is 0. The van der Waals surface area contributed by atoms with Crippen molar-refractivity contribution in [2.45, 2.75) is 0 Å². The van der Waals surface area contributed by atoms with Crippen molar-refractivity contribution >= 4 is 0 Å². The van der Waals surface area contributed by atoms with Gasteiger partial charge in [0.05, 0.1) is 22.8 Å². The van der Waals surface area contributed by atoms with Crippen molar-refractivity contribution in [3.05, 3.63) is 130 Å². The number of pyridine rings is 4. The molecule has 0 bridgehead atoms. The van der Waals surface area contributed by atoms with Gasteiger partial charge in [-0.2, -0.15) is 0 Å². The van der Waals surface area contributed by atoms with Crippen molar-refractivity contribution in [2.24, 2.45) is 0 Å². The molecule has 0 aromatic carbocycles. The SMILES string of the molecule is O.[N-]=[N+]=[N-].[N-]=[N+]=[N-].[Ni+2].c1ccc(-c2ccccn2)nc1.c1ccc(-c2ccccn2)nc1. The molecule has 0 unspecified atom stereocenters. The van der Waals surface area contributed by atoms with Crippen molar-refractivity contribution in [1.29, 1.82) is 0 Å². The summed E-state index contributed by atoms with van der Waals surface area (Å²) in [6.45, 7) is 0. The van der Waals surface area contributed by atoms with Crippen LogP contribution in [0.25, 0.3) is 54.7 Å². The second-order valence-corrected chi connectivity index (χ2v) is 5.04. The molecule has 0 atom stereocenters. The summed E-state index contributed by atoms with van der Waals surface area (Å²) in [4.78, 5) is 19.7. The van der Waals surface area contributed by atoms with Gasteiger partial charge in [-0.25, -0.2) is 0 Å². The Balaban J connectivity index is 0. The maximum absolute atomic E-state index is 6.75. The molecule has 0 radical (unpaired) electrons. The van der Waals surface area contributed by atoms with Gasteiger partial charge in [-0.05, 0) is 48.5 Å². The van der Waals surface area contributed by atoms with E-state index in [0.717, 1.165) is 22.8 Å². The maximum atomic E-state index is 6.75. The largest absolute Gasteiger partial charge is 2.00 e. The Morgan fingerprint density at radius 2 is 0.625 bits per heavy atom. The summed E-state index contributed by atoms with van der Waals surface area (Å²) >= 11 is 0. The van der Waals surface area contributed by atoms with Gasteiger partial charge in [0.15, 0.2) is 0 Å². The number of aromatic nitrogens is 4. The molecule has 4 aromatic rings. The molecule has 0 amide bonds. The maximum Gasteiger partial charge on any atom is 2.00 e. The monoisotopic (exact) mass is 472 g/mol. The van der Waals surface area contributed by atoms with E-state index in [1.807, 2.05) is 72.8 Å². The number of rotatable bonds is 2. The summed E-state index contributed by atoms with van der Waals surface area (Å²) < 4.78 is 0. The zero-order valence-electron chi connectivity index (χ0n) is 16.5. The van der Waals surface area contributed by atoms with E-state index in [-0.39, 0.29) is 22.0 Å². The molecule has 0 fully saturated rings. The van der Waals surface area contributed by atoms with Crippen molar-refractivity contribution in [3.8, 4) is 22.8 Å². The third-order valence-corrected chi connectivity index (χ3v) is 3.18. The molecule has 164 valence electrons. The Hall–Kier alpha value is -4.33. The summed E-state index contributed by atoms with van der Waals surface area (Å²) in [5.41, 5.74) is 30.7. The molecule has 2 N–H and O–H groups in total. The van der Waals surface area contributed by atoms with Gasteiger partial charge in [0.25, 0.3) is 0 Å². The Morgan fingerprint density at radius 1 is 0.438 bits per heavy atom. The van der Waals surface area contributed by atoms with Gasteiger partial charge in [0.1, 0.15) is 0 Å². The first kappa shape index (κ1) is 29.9. The summed E-state index contributed by atoms with van der Waals surface area (Å²) in [6.07, 6.45) is 7.07. The van der Waals surface area contributed by atoms with Crippen LogP contribution in [0.4, 0.5) is 0 Å². The van der Waals surface area contributed by atoms with Crippen LogP contribution in [0.5, 0.6) is 0 Å². The van der Waals surface area contributed by atoms with E-state index in [0.29, 0.717) is 0 Å². The second kappa shape index (κ2) is 20.0. The fraction of sp³-hybridized carbons (Fsp3) is 0. The van der Waals surface area contributed by atoms with Crippen molar-refractivity contribution in [1.82, 2.24) is 19.9 Å². The molecule has 4 heterocycles. The predicted molar refractivity (Wildman–Crippen MR) is 119 cm³/mol. The molecule has 0 aliphatic heterocycles. The zero-order valence-corrected chi connectivity index (χ0v) is 17.5. The Kier molecular flexibility index (Phi) is 18.6. The third-order valence-electron chi connectivity index (χ3n) is 3.18. The number of hydrogen-bond acceptors (Lipinski definition) is 4. The molecule has 0 saturated heterocycles. The minimum absolute atomic E-state index is 0. The second-order valence-electron chi connectivity index (χ2n) is 5.04. The topological polar surface area (TPSA) is 200 Å². The molecule has 0 saturated carbocycles. The van der Waals surface area contributed by atoms with Gasteiger partial charge in [0, 0.05) is 24.8 Å². The summed E-state index contributed by atoms with van der Waals surface area (Å²) in [7, 11) is 0. The fourth-order valence-corrected chi connectivity index (χ4v) is 2.06. The van der Waals surface area contributed by atoms with E-state index in [1.54, 1.807) is 24.8 Å². The van der Waals surface area contributed by atoms with Gasteiger partial charge in [-0.1, -0.05) is 24.3 Å². The quantitative estimate of drug-likeness (QED) is 0.167. The standard InChI is InChI=1S/2C10H8N2.2N3.Ni.H2O/c2*1-3-7-11-9(5-1)10-6-2-4-8-12-10;2*1-3-2;;/h2*1-8H;;;;1H2/q;;2*-1;+2;. The van der Waals surface area contributed by atoms with E-state index in [4.69, 9.17) is 22.1 Å². The molecule has 0 aliphatic carbocycles. The molecule has 0 aliphatic rings. The van der Waals surface area contributed by atoms with Crippen molar-refractivity contribution < 1.29 is 22.0 Å². The van der Waals surface area contributed by atoms with Crippen LogP contribution in [-0.4, -0.2) is 25.4 Å². The first-order valence-corrected chi connectivity index (χ1v) is 8.38. The van der Waals surface area contributed by atoms with Crippen LogP contribution in [0.15, 0.2) is 97.6 Å². The summed E-state index contributed by atoms with van der Waals surface area (Å²) in [6, 6.07) is 23.2. The molecule has 32 heavy (non-hydrogen) atoms. The van der Waals surface area contributed by atoms with Crippen LogP contribution in [0, 0.1) is 0 Å². The van der Waals surface area contributed by atoms with Crippen LogP contribution < -0.4 is 0 Å². The van der Waals surface area contributed by atoms with E-state index >= 15 is 0 Å². The zero-order chi connectivity index (χ0) is 21.9. The van der Waals surface area contributed by atoms with Gasteiger partial charge < -0.3 is 27.6 Å². The first-order valence-electron chi connectivity index (χ1n) is 8.38. The van der Waals surface area contributed by atoms with E-state index in [2.05, 4.69) is 19.9 Å². The Bertz CT molecular complexity index is 865. The van der Waals surface area contributed by atoms with Gasteiger partial charge in [-0.3, -0.25) is 29.8 Å². The molecular formula is C20H18N10NiO. The number of hydrogen-bond donors (Lipinski definition) is 0. The molecular weight excluding hydrogens is 455 g/mol. The van der Waals surface area contributed by atoms with Crippen LogP contribution in [0.3, 0.4) is 0 Å². The van der Waals surface area contributed by atoms with Crippen LogP contribution in [-0.2, 0) is 16.5 Å². The van der Waals surface area contributed by atoms with Gasteiger partial charge >= 0.3 is 16.5 Å². The van der Waals surface area contributed by atoms with Crippen LogP contribution >= 0.6 is 0 Å².